The van der Waals surface area contributed by atoms with Crippen LogP contribution in [0.2, 0.25) is 0 Å². The monoisotopic (exact) mass is 361 g/mol. The normalized spacial score (nSPS) is 11.5. The van der Waals surface area contributed by atoms with Crippen molar-refractivity contribution in [3.8, 4) is 0 Å². The Morgan fingerprint density at radius 2 is 1.80 bits per heavy atom. The van der Waals surface area contributed by atoms with Gasteiger partial charge in [-0.25, -0.2) is 18.1 Å². The van der Waals surface area contributed by atoms with E-state index in [0.717, 1.165) is 23.2 Å². The first-order valence-electron chi connectivity index (χ1n) is 7.38. The van der Waals surface area contributed by atoms with E-state index in [-0.39, 0.29) is 17.1 Å². The molecule has 130 valence electrons. The van der Waals surface area contributed by atoms with E-state index < -0.39 is 14.9 Å². The third-order valence-corrected chi connectivity index (χ3v) is 4.93. The van der Waals surface area contributed by atoms with Crippen molar-refractivity contribution in [1.82, 2.24) is 14.7 Å². The van der Waals surface area contributed by atoms with E-state index in [1.54, 1.807) is 0 Å². The third-order valence-electron chi connectivity index (χ3n) is 3.46. The Morgan fingerprint density at radius 1 is 1.08 bits per heavy atom. The molecule has 0 aliphatic carbocycles. The number of para-hydroxylation sites is 2. The lowest BCUT2D eigenvalue weighted by atomic mass is 10.3. The van der Waals surface area contributed by atoms with Gasteiger partial charge in [0.15, 0.2) is 0 Å². The highest BCUT2D eigenvalue weighted by molar-refractivity contribution is 7.89. The molecule has 0 atom stereocenters. The molecule has 10 heteroatoms. The summed E-state index contributed by atoms with van der Waals surface area (Å²) in [5.41, 5.74) is 1.54. The standard InChI is InChI=1S/C15H15N5O4S/c21-20(22)11-5-7-12(8-6-11)25(23,24)17-10-9-16-15-18-13-3-1-2-4-14(13)19-15/h1-8,17H,9-10H2,(H2,16,18,19). The molecule has 9 nitrogen and oxygen atoms in total. The van der Waals surface area contributed by atoms with E-state index in [4.69, 9.17) is 0 Å². The lowest BCUT2D eigenvalue weighted by Crippen LogP contribution is -2.29. The summed E-state index contributed by atoms with van der Waals surface area (Å²) in [6, 6.07) is 12.2. The number of nitrogens with one attached hydrogen (secondary N) is 3. The minimum Gasteiger partial charge on any atom is -0.354 e. The highest BCUT2D eigenvalue weighted by Crippen LogP contribution is 2.15. The number of H-pyrrole nitrogens is 1. The van der Waals surface area contributed by atoms with E-state index in [2.05, 4.69) is 20.0 Å². The topological polar surface area (TPSA) is 130 Å². The molecule has 2 aromatic carbocycles. The molecule has 1 heterocycles. The van der Waals surface area contributed by atoms with Crippen LogP contribution in [-0.2, 0) is 10.0 Å². The fraction of sp³-hybridized carbons (Fsp3) is 0.133. The van der Waals surface area contributed by atoms with Crippen LogP contribution in [0.3, 0.4) is 0 Å². The van der Waals surface area contributed by atoms with Gasteiger partial charge in [-0.1, -0.05) is 12.1 Å². The smallest absolute Gasteiger partial charge is 0.269 e. The minimum atomic E-state index is -3.73. The Bertz CT molecular complexity index is 965. The summed E-state index contributed by atoms with van der Waals surface area (Å²) in [5, 5.41) is 13.6. The second-order valence-corrected chi connectivity index (χ2v) is 6.95. The van der Waals surface area contributed by atoms with Gasteiger partial charge in [-0.3, -0.25) is 10.1 Å². The average molecular weight is 361 g/mol. The Morgan fingerprint density at radius 3 is 2.48 bits per heavy atom. The lowest BCUT2D eigenvalue weighted by Gasteiger charge is -2.07. The molecule has 3 aromatic rings. The molecule has 0 bridgehead atoms. The molecule has 3 N–H and O–H groups in total. The van der Waals surface area contributed by atoms with Gasteiger partial charge in [0.2, 0.25) is 16.0 Å². The van der Waals surface area contributed by atoms with Gasteiger partial charge in [0, 0.05) is 25.2 Å². The fourth-order valence-electron chi connectivity index (χ4n) is 2.23. The van der Waals surface area contributed by atoms with Crippen LogP contribution in [0.1, 0.15) is 0 Å². The largest absolute Gasteiger partial charge is 0.354 e. The highest BCUT2D eigenvalue weighted by atomic mass is 32.2. The van der Waals surface area contributed by atoms with Crippen molar-refractivity contribution < 1.29 is 13.3 Å². The third kappa shape index (κ3) is 3.92. The molecule has 3 rings (SSSR count). The SMILES string of the molecule is O=[N+]([O-])c1ccc(S(=O)(=O)NCCNc2nc3ccccc3[nH]2)cc1. The fourth-order valence-corrected chi connectivity index (χ4v) is 3.27. The number of anilines is 1. The van der Waals surface area contributed by atoms with Crippen LogP contribution in [0.15, 0.2) is 53.4 Å². The number of aromatic nitrogens is 2. The summed E-state index contributed by atoms with van der Waals surface area (Å²) in [4.78, 5) is 17.4. The van der Waals surface area contributed by atoms with Gasteiger partial charge >= 0.3 is 0 Å². The van der Waals surface area contributed by atoms with Crippen LogP contribution in [0.5, 0.6) is 0 Å². The molecular weight excluding hydrogens is 346 g/mol. The van der Waals surface area contributed by atoms with E-state index in [9.17, 15) is 18.5 Å². The molecule has 25 heavy (non-hydrogen) atoms. The molecule has 0 unspecified atom stereocenters. The number of nitro groups is 1. The van der Waals surface area contributed by atoms with Crippen LogP contribution in [0.4, 0.5) is 11.6 Å². The summed E-state index contributed by atoms with van der Waals surface area (Å²) in [5.74, 6) is 0.552. The Hall–Kier alpha value is -2.98. The Balaban J connectivity index is 1.56. The van der Waals surface area contributed by atoms with Gasteiger partial charge in [0.25, 0.3) is 5.69 Å². The van der Waals surface area contributed by atoms with Crippen LogP contribution in [0, 0.1) is 10.1 Å². The average Bonchev–Trinajstić information content (AvgIpc) is 3.01. The number of nitro benzene ring substituents is 1. The van der Waals surface area contributed by atoms with Crippen molar-refractivity contribution in [3.05, 3.63) is 58.6 Å². The van der Waals surface area contributed by atoms with Crippen LogP contribution >= 0.6 is 0 Å². The van der Waals surface area contributed by atoms with Crippen molar-refractivity contribution in [3.63, 3.8) is 0 Å². The first-order valence-corrected chi connectivity index (χ1v) is 8.87. The van der Waals surface area contributed by atoms with Gasteiger partial charge in [-0.05, 0) is 24.3 Å². The summed E-state index contributed by atoms with van der Waals surface area (Å²) in [6.45, 7) is 0.461. The molecule has 0 saturated heterocycles. The Kier molecular flexibility index (Phi) is 4.63. The zero-order chi connectivity index (χ0) is 17.9. The Labute approximate surface area is 143 Å². The van der Waals surface area contributed by atoms with E-state index in [0.29, 0.717) is 12.5 Å². The molecule has 0 aliphatic heterocycles. The van der Waals surface area contributed by atoms with Crippen molar-refractivity contribution >= 4 is 32.7 Å². The van der Waals surface area contributed by atoms with Crippen molar-refractivity contribution in [1.29, 1.82) is 0 Å². The molecular formula is C15H15N5O4S. The van der Waals surface area contributed by atoms with Gasteiger partial charge in [0.1, 0.15) is 0 Å². The maximum absolute atomic E-state index is 12.1. The van der Waals surface area contributed by atoms with Crippen LogP contribution in [-0.4, -0.2) is 36.4 Å². The van der Waals surface area contributed by atoms with Gasteiger partial charge in [0.05, 0.1) is 20.9 Å². The molecule has 0 spiro atoms. The van der Waals surface area contributed by atoms with Crippen molar-refractivity contribution in [2.24, 2.45) is 0 Å². The number of nitrogens with zero attached hydrogens (tertiary/aromatic N) is 2. The van der Waals surface area contributed by atoms with Crippen LogP contribution in [0.25, 0.3) is 11.0 Å². The van der Waals surface area contributed by atoms with E-state index in [1.165, 1.54) is 12.1 Å². The van der Waals surface area contributed by atoms with E-state index >= 15 is 0 Å². The number of non-ortho nitro benzene ring substituents is 1. The number of benzene rings is 2. The number of hydrogen-bond acceptors (Lipinski definition) is 6. The first-order chi connectivity index (χ1) is 12.0. The van der Waals surface area contributed by atoms with Gasteiger partial charge in [-0.2, -0.15) is 0 Å². The van der Waals surface area contributed by atoms with Gasteiger partial charge < -0.3 is 10.3 Å². The number of sulfonamides is 1. The van der Waals surface area contributed by atoms with E-state index in [1.807, 2.05) is 24.3 Å². The molecule has 0 amide bonds. The lowest BCUT2D eigenvalue weighted by molar-refractivity contribution is -0.384. The number of aromatic amines is 1. The predicted octanol–water partition coefficient (Wildman–Crippen LogP) is 1.86. The quantitative estimate of drug-likeness (QED) is 0.334. The molecule has 0 aliphatic rings. The molecule has 1 aromatic heterocycles. The zero-order valence-electron chi connectivity index (χ0n) is 13.0. The number of fused-ring (bicyclic) bond motifs is 1. The number of hydrogen-bond donors (Lipinski definition) is 3. The maximum atomic E-state index is 12.1. The highest BCUT2D eigenvalue weighted by Gasteiger charge is 2.15. The maximum Gasteiger partial charge on any atom is 0.269 e. The molecule has 0 fully saturated rings. The van der Waals surface area contributed by atoms with Crippen molar-refractivity contribution in [2.75, 3.05) is 18.4 Å². The zero-order valence-corrected chi connectivity index (χ0v) is 13.8. The number of imidazole rings is 1. The first kappa shape index (κ1) is 16.9. The van der Waals surface area contributed by atoms with Crippen LogP contribution < -0.4 is 10.0 Å². The summed E-state index contributed by atoms with van der Waals surface area (Å²) < 4.78 is 26.7. The predicted molar refractivity (Wildman–Crippen MR) is 92.9 cm³/mol. The second-order valence-electron chi connectivity index (χ2n) is 5.18. The van der Waals surface area contributed by atoms with Crippen molar-refractivity contribution in [2.45, 2.75) is 4.90 Å². The summed E-state index contributed by atoms with van der Waals surface area (Å²) >= 11 is 0. The number of rotatable bonds is 7. The summed E-state index contributed by atoms with van der Waals surface area (Å²) in [7, 11) is -3.73. The second kappa shape index (κ2) is 6.87. The summed E-state index contributed by atoms with van der Waals surface area (Å²) in [6.07, 6.45) is 0. The van der Waals surface area contributed by atoms with Gasteiger partial charge in [-0.15, -0.1) is 0 Å². The molecule has 0 saturated carbocycles. The molecule has 0 radical (unpaired) electrons. The minimum absolute atomic E-state index is 0.0261.